The number of hydrogen-bond acceptors (Lipinski definition) is 3. The predicted molar refractivity (Wildman–Crippen MR) is 86.1 cm³/mol. The second-order valence-corrected chi connectivity index (χ2v) is 8.18. The minimum absolute atomic E-state index is 0.0885. The lowest BCUT2D eigenvalue weighted by Crippen LogP contribution is -2.46. The Morgan fingerprint density at radius 1 is 0.833 bits per heavy atom. The highest BCUT2D eigenvalue weighted by molar-refractivity contribution is 6.04. The molecule has 0 aromatic rings. The van der Waals surface area contributed by atoms with E-state index in [-0.39, 0.29) is 17.2 Å². The Hall–Kier alpha value is -1.59. The number of carbonyl (C=O) groups is 3. The van der Waals surface area contributed by atoms with E-state index in [2.05, 4.69) is 0 Å². The normalized spacial score (nSPS) is 30.1. The van der Waals surface area contributed by atoms with Gasteiger partial charge < -0.3 is 14.9 Å². The van der Waals surface area contributed by atoms with Gasteiger partial charge in [-0.3, -0.25) is 14.4 Å². The third-order valence-electron chi connectivity index (χ3n) is 6.77. The molecule has 24 heavy (non-hydrogen) atoms. The number of carbonyl (C=O) groups excluding carboxylic acids is 2. The van der Waals surface area contributed by atoms with Gasteiger partial charge in [-0.25, -0.2) is 0 Å². The largest absolute Gasteiger partial charge is 0.480 e. The van der Waals surface area contributed by atoms with Gasteiger partial charge in [-0.2, -0.15) is 0 Å². The molecular weight excluding hydrogens is 308 g/mol. The van der Waals surface area contributed by atoms with Gasteiger partial charge in [0.05, 0.1) is 0 Å². The second kappa shape index (κ2) is 5.46. The fourth-order valence-corrected chi connectivity index (χ4v) is 4.69. The van der Waals surface area contributed by atoms with E-state index in [1.165, 1.54) is 6.42 Å². The number of carboxylic acid groups (broad SMARTS) is 1. The third kappa shape index (κ3) is 2.42. The SMILES string of the molecule is O=C(C1CC12CCN(C(=O)C1(C(=O)O)CC1)CC2)N1CCCCC1. The van der Waals surface area contributed by atoms with Crippen molar-refractivity contribution >= 4 is 17.8 Å². The standard InChI is InChI=1S/C18H26N2O4/c21-14(19-8-2-1-3-9-19)13-12-17(13)6-10-20(11-7-17)15(22)18(4-5-18)16(23)24/h13H,1-12H2,(H,23,24). The van der Waals surface area contributed by atoms with Gasteiger partial charge in [0, 0.05) is 32.1 Å². The van der Waals surface area contributed by atoms with Crippen LogP contribution >= 0.6 is 0 Å². The number of rotatable bonds is 3. The van der Waals surface area contributed by atoms with Crippen molar-refractivity contribution in [1.29, 1.82) is 0 Å². The van der Waals surface area contributed by atoms with E-state index in [1.54, 1.807) is 4.90 Å². The molecule has 4 rings (SSSR count). The van der Waals surface area contributed by atoms with Crippen LogP contribution in [-0.2, 0) is 14.4 Å². The van der Waals surface area contributed by atoms with E-state index in [4.69, 9.17) is 0 Å². The Morgan fingerprint density at radius 3 is 2.00 bits per heavy atom. The Labute approximate surface area is 142 Å². The van der Waals surface area contributed by atoms with Crippen LogP contribution in [0.2, 0.25) is 0 Å². The molecule has 2 aliphatic carbocycles. The first-order chi connectivity index (χ1) is 11.5. The maximum atomic E-state index is 12.7. The van der Waals surface area contributed by atoms with Crippen molar-refractivity contribution < 1.29 is 19.5 Å². The van der Waals surface area contributed by atoms with Crippen LogP contribution in [0.3, 0.4) is 0 Å². The zero-order valence-corrected chi connectivity index (χ0v) is 14.1. The van der Waals surface area contributed by atoms with Crippen molar-refractivity contribution in [2.24, 2.45) is 16.7 Å². The summed E-state index contributed by atoms with van der Waals surface area (Å²) in [5, 5.41) is 9.28. The molecule has 1 atom stereocenters. The molecule has 6 nitrogen and oxygen atoms in total. The van der Waals surface area contributed by atoms with Gasteiger partial charge >= 0.3 is 5.97 Å². The Balaban J connectivity index is 1.33. The van der Waals surface area contributed by atoms with E-state index in [9.17, 15) is 19.5 Å². The average molecular weight is 334 g/mol. The van der Waals surface area contributed by atoms with Gasteiger partial charge in [0.1, 0.15) is 5.41 Å². The molecule has 2 aliphatic heterocycles. The molecule has 2 heterocycles. The van der Waals surface area contributed by atoms with Crippen molar-refractivity contribution in [3.63, 3.8) is 0 Å². The topological polar surface area (TPSA) is 77.9 Å². The average Bonchev–Trinajstić information content (AvgIpc) is 3.51. The molecule has 1 unspecified atom stereocenters. The fourth-order valence-electron chi connectivity index (χ4n) is 4.69. The number of piperidine rings is 2. The van der Waals surface area contributed by atoms with Crippen molar-refractivity contribution in [2.45, 2.75) is 51.4 Å². The summed E-state index contributed by atoms with van der Waals surface area (Å²) in [7, 11) is 0. The molecule has 0 aromatic carbocycles. The van der Waals surface area contributed by atoms with Gasteiger partial charge in [0.25, 0.3) is 0 Å². The highest BCUT2D eigenvalue weighted by Crippen LogP contribution is 2.60. The summed E-state index contributed by atoms with van der Waals surface area (Å²) in [6, 6.07) is 0. The molecular formula is C18H26N2O4. The van der Waals surface area contributed by atoms with Crippen LogP contribution < -0.4 is 0 Å². The molecule has 0 bridgehead atoms. The third-order valence-corrected chi connectivity index (χ3v) is 6.77. The summed E-state index contributed by atoms with van der Waals surface area (Å²) >= 11 is 0. The van der Waals surface area contributed by atoms with E-state index in [1.807, 2.05) is 4.90 Å². The zero-order chi connectivity index (χ0) is 16.9. The monoisotopic (exact) mass is 334 g/mol. The minimum Gasteiger partial charge on any atom is -0.480 e. The van der Waals surface area contributed by atoms with Crippen LogP contribution in [0.5, 0.6) is 0 Å². The highest BCUT2D eigenvalue weighted by atomic mass is 16.4. The summed E-state index contributed by atoms with van der Waals surface area (Å²) in [5.41, 5.74) is -1.04. The van der Waals surface area contributed by atoms with E-state index in [0.717, 1.165) is 45.2 Å². The number of nitrogens with zero attached hydrogens (tertiary/aromatic N) is 2. The molecule has 132 valence electrons. The van der Waals surface area contributed by atoms with Crippen LogP contribution in [0.15, 0.2) is 0 Å². The number of carboxylic acids is 1. The van der Waals surface area contributed by atoms with Crippen molar-refractivity contribution in [1.82, 2.24) is 9.80 Å². The lowest BCUT2D eigenvalue weighted by Gasteiger charge is -2.35. The Bertz CT molecular complexity index is 570. The molecule has 6 heteroatoms. The second-order valence-electron chi connectivity index (χ2n) is 8.18. The van der Waals surface area contributed by atoms with Gasteiger partial charge in [-0.05, 0) is 56.8 Å². The summed E-state index contributed by atoms with van der Waals surface area (Å²) in [6.07, 6.45) is 7.04. The van der Waals surface area contributed by atoms with E-state index >= 15 is 0 Å². The van der Waals surface area contributed by atoms with Crippen molar-refractivity contribution in [3.05, 3.63) is 0 Å². The quantitative estimate of drug-likeness (QED) is 0.793. The lowest BCUT2D eigenvalue weighted by atomic mass is 9.89. The summed E-state index contributed by atoms with van der Waals surface area (Å²) in [4.78, 5) is 40.3. The molecule has 4 aliphatic rings. The summed E-state index contributed by atoms with van der Waals surface area (Å²) < 4.78 is 0. The van der Waals surface area contributed by atoms with Gasteiger partial charge in [0.2, 0.25) is 11.8 Å². The number of hydrogen-bond donors (Lipinski definition) is 1. The first kappa shape index (κ1) is 15.9. The van der Waals surface area contributed by atoms with Gasteiger partial charge in [-0.1, -0.05) is 0 Å². The summed E-state index contributed by atoms with van der Waals surface area (Å²) in [6.45, 7) is 3.02. The molecule has 1 N–H and O–H groups in total. The number of aliphatic carboxylic acids is 1. The number of likely N-dealkylation sites (tertiary alicyclic amines) is 2. The van der Waals surface area contributed by atoms with Crippen LogP contribution in [0.4, 0.5) is 0 Å². The molecule has 1 spiro atoms. The molecule has 0 radical (unpaired) electrons. The molecule has 0 aromatic heterocycles. The van der Waals surface area contributed by atoms with Crippen molar-refractivity contribution in [3.8, 4) is 0 Å². The first-order valence-electron chi connectivity index (χ1n) is 9.30. The molecule has 2 saturated heterocycles. The minimum atomic E-state index is -1.13. The molecule has 2 amide bonds. The van der Waals surface area contributed by atoms with Crippen LogP contribution in [0.25, 0.3) is 0 Å². The maximum absolute atomic E-state index is 12.7. The molecule has 4 fully saturated rings. The van der Waals surface area contributed by atoms with Crippen molar-refractivity contribution in [2.75, 3.05) is 26.2 Å². The zero-order valence-electron chi connectivity index (χ0n) is 14.1. The number of amides is 2. The van der Waals surface area contributed by atoms with Gasteiger partial charge in [-0.15, -0.1) is 0 Å². The van der Waals surface area contributed by atoms with Crippen LogP contribution in [-0.4, -0.2) is 58.9 Å². The summed E-state index contributed by atoms with van der Waals surface area (Å²) in [5.74, 6) is -0.720. The van der Waals surface area contributed by atoms with E-state index in [0.29, 0.717) is 31.8 Å². The molecule has 2 saturated carbocycles. The van der Waals surface area contributed by atoms with Gasteiger partial charge in [0.15, 0.2) is 0 Å². The smallest absolute Gasteiger partial charge is 0.319 e. The first-order valence-corrected chi connectivity index (χ1v) is 9.30. The Kier molecular flexibility index (Phi) is 3.62. The predicted octanol–water partition coefficient (Wildman–Crippen LogP) is 1.49. The van der Waals surface area contributed by atoms with Crippen LogP contribution in [0.1, 0.15) is 51.4 Å². The highest BCUT2D eigenvalue weighted by Gasteiger charge is 2.62. The fraction of sp³-hybridized carbons (Fsp3) is 0.833. The lowest BCUT2D eigenvalue weighted by molar-refractivity contribution is -0.154. The van der Waals surface area contributed by atoms with Crippen LogP contribution in [0, 0.1) is 16.7 Å². The maximum Gasteiger partial charge on any atom is 0.319 e. The van der Waals surface area contributed by atoms with E-state index < -0.39 is 11.4 Å². The Morgan fingerprint density at radius 2 is 1.46 bits per heavy atom.